The lowest BCUT2D eigenvalue weighted by Crippen LogP contribution is -2.40. The maximum Gasteiger partial charge on any atom is 0.249 e. The van der Waals surface area contributed by atoms with Gasteiger partial charge >= 0.3 is 0 Å². The van der Waals surface area contributed by atoms with Gasteiger partial charge in [-0.05, 0) is 24.6 Å². The third kappa shape index (κ3) is 3.45. The van der Waals surface area contributed by atoms with E-state index in [-0.39, 0.29) is 18.4 Å². The van der Waals surface area contributed by atoms with E-state index in [4.69, 9.17) is 0 Å². The molecule has 5 nitrogen and oxygen atoms in total. The predicted octanol–water partition coefficient (Wildman–Crippen LogP) is 1.00. The molecule has 0 aliphatic carbocycles. The number of hydrogen-bond donors (Lipinski definition) is 2. The molecule has 5 heteroatoms. The van der Waals surface area contributed by atoms with Gasteiger partial charge in [0.2, 0.25) is 11.8 Å². The van der Waals surface area contributed by atoms with Gasteiger partial charge in [-0.1, -0.05) is 18.2 Å². The number of carbonyl (C=O) groups is 2. The molecular formula is C15H19N3O2. The number of hydrogen-bond acceptors (Lipinski definition) is 3. The molecule has 2 amide bonds. The predicted molar refractivity (Wildman–Crippen MR) is 78.3 cm³/mol. The molecule has 1 heterocycles. The highest BCUT2D eigenvalue weighted by Gasteiger charge is 2.20. The van der Waals surface area contributed by atoms with Gasteiger partial charge in [0.25, 0.3) is 0 Å². The minimum Gasteiger partial charge on any atom is -0.333 e. The average Bonchev–Trinajstić information content (AvgIpc) is 2.36. The molecule has 0 aromatic heterocycles. The van der Waals surface area contributed by atoms with Crippen LogP contribution >= 0.6 is 0 Å². The second-order valence-corrected chi connectivity index (χ2v) is 4.91. The zero-order chi connectivity index (χ0) is 14.5. The number of amides is 2. The van der Waals surface area contributed by atoms with Crippen molar-refractivity contribution in [2.45, 2.75) is 6.92 Å². The summed E-state index contributed by atoms with van der Waals surface area (Å²) in [7, 11) is 1.64. The topological polar surface area (TPSA) is 61.4 Å². The quantitative estimate of drug-likeness (QED) is 0.805. The lowest BCUT2D eigenvalue weighted by atomic mass is 10.0. The van der Waals surface area contributed by atoms with Gasteiger partial charge in [-0.15, -0.1) is 0 Å². The van der Waals surface area contributed by atoms with Crippen molar-refractivity contribution in [3.63, 3.8) is 0 Å². The minimum atomic E-state index is -0.198. The van der Waals surface area contributed by atoms with Crippen LogP contribution in [0.2, 0.25) is 0 Å². The van der Waals surface area contributed by atoms with E-state index in [1.54, 1.807) is 7.05 Å². The summed E-state index contributed by atoms with van der Waals surface area (Å²) in [5, 5.41) is 5.86. The van der Waals surface area contributed by atoms with Crippen molar-refractivity contribution >= 4 is 17.5 Å². The molecule has 0 spiro atoms. The van der Waals surface area contributed by atoms with Crippen LogP contribution < -0.4 is 10.6 Å². The van der Waals surface area contributed by atoms with Crippen molar-refractivity contribution in [1.82, 2.24) is 10.2 Å². The van der Waals surface area contributed by atoms with Crippen molar-refractivity contribution < 1.29 is 9.59 Å². The maximum atomic E-state index is 12.1. The average molecular weight is 273 g/mol. The van der Waals surface area contributed by atoms with Gasteiger partial charge in [0.05, 0.1) is 6.54 Å². The largest absolute Gasteiger partial charge is 0.333 e. The van der Waals surface area contributed by atoms with Crippen LogP contribution in [0.4, 0.5) is 5.69 Å². The van der Waals surface area contributed by atoms with E-state index in [0.717, 1.165) is 29.9 Å². The molecule has 1 saturated heterocycles. The SMILES string of the molecule is CC(C(=O)N(C)CC(=O)Nc1ccccc1)=C1CNC1. The third-order valence-corrected chi connectivity index (χ3v) is 3.31. The molecule has 0 atom stereocenters. The number of benzene rings is 1. The van der Waals surface area contributed by atoms with Crippen LogP contribution in [0.1, 0.15) is 6.92 Å². The molecule has 2 N–H and O–H groups in total. The summed E-state index contributed by atoms with van der Waals surface area (Å²) in [6.45, 7) is 3.39. The highest BCUT2D eigenvalue weighted by molar-refractivity contribution is 5.99. The molecule has 0 saturated carbocycles. The number of nitrogens with zero attached hydrogens (tertiary/aromatic N) is 1. The summed E-state index contributed by atoms with van der Waals surface area (Å²) in [4.78, 5) is 25.4. The monoisotopic (exact) mass is 273 g/mol. The van der Waals surface area contributed by atoms with Gasteiger partial charge in [0.1, 0.15) is 0 Å². The molecule has 1 aliphatic rings. The normalized spacial score (nSPS) is 13.4. The molecular weight excluding hydrogens is 254 g/mol. The molecule has 0 bridgehead atoms. The second kappa shape index (κ2) is 6.34. The number of nitrogens with one attached hydrogen (secondary N) is 2. The first-order valence-corrected chi connectivity index (χ1v) is 6.57. The Morgan fingerprint density at radius 2 is 1.90 bits per heavy atom. The molecule has 2 rings (SSSR count). The van der Waals surface area contributed by atoms with E-state index >= 15 is 0 Å². The van der Waals surface area contributed by atoms with Crippen LogP contribution in [-0.2, 0) is 9.59 Å². The van der Waals surface area contributed by atoms with Crippen LogP contribution in [0.5, 0.6) is 0 Å². The molecule has 0 radical (unpaired) electrons. The van der Waals surface area contributed by atoms with Crippen molar-refractivity contribution in [1.29, 1.82) is 0 Å². The molecule has 1 aliphatic heterocycles. The summed E-state index contributed by atoms with van der Waals surface area (Å²) < 4.78 is 0. The van der Waals surface area contributed by atoms with Crippen LogP contribution in [-0.4, -0.2) is 43.4 Å². The number of rotatable bonds is 4. The number of carbonyl (C=O) groups excluding carboxylic acids is 2. The van der Waals surface area contributed by atoms with Gasteiger partial charge < -0.3 is 15.5 Å². The van der Waals surface area contributed by atoms with E-state index in [0.29, 0.717) is 0 Å². The first-order valence-electron chi connectivity index (χ1n) is 6.57. The fourth-order valence-electron chi connectivity index (χ4n) is 1.96. The lowest BCUT2D eigenvalue weighted by Gasteiger charge is -2.24. The van der Waals surface area contributed by atoms with E-state index in [1.807, 2.05) is 37.3 Å². The second-order valence-electron chi connectivity index (χ2n) is 4.91. The zero-order valence-corrected chi connectivity index (χ0v) is 11.8. The highest BCUT2D eigenvalue weighted by atomic mass is 16.2. The van der Waals surface area contributed by atoms with E-state index in [2.05, 4.69) is 10.6 Å². The van der Waals surface area contributed by atoms with Crippen molar-refractivity contribution in [3.8, 4) is 0 Å². The van der Waals surface area contributed by atoms with Gasteiger partial charge in [0.15, 0.2) is 0 Å². The summed E-state index contributed by atoms with van der Waals surface area (Å²) in [5.41, 5.74) is 2.58. The smallest absolute Gasteiger partial charge is 0.249 e. The van der Waals surface area contributed by atoms with E-state index < -0.39 is 0 Å². The van der Waals surface area contributed by atoms with Gasteiger partial charge in [0, 0.05) is 31.4 Å². The van der Waals surface area contributed by atoms with E-state index in [1.165, 1.54) is 4.90 Å². The van der Waals surface area contributed by atoms with Crippen molar-refractivity contribution in [3.05, 3.63) is 41.5 Å². The summed E-state index contributed by atoms with van der Waals surface area (Å²) in [5.74, 6) is -0.290. The Morgan fingerprint density at radius 1 is 1.25 bits per heavy atom. The molecule has 1 aromatic rings. The van der Waals surface area contributed by atoms with Crippen LogP contribution in [0.15, 0.2) is 41.5 Å². The number of para-hydroxylation sites is 1. The van der Waals surface area contributed by atoms with Crippen LogP contribution in [0, 0.1) is 0 Å². The standard InChI is InChI=1S/C15H19N3O2/c1-11(12-8-16-9-12)15(20)18(2)10-14(19)17-13-6-4-3-5-7-13/h3-7,16H,8-10H2,1-2H3,(H,17,19). The van der Waals surface area contributed by atoms with Gasteiger partial charge in [-0.25, -0.2) is 0 Å². The first-order chi connectivity index (χ1) is 9.58. The first kappa shape index (κ1) is 14.3. The Bertz CT molecular complexity index is 531. The zero-order valence-electron chi connectivity index (χ0n) is 11.8. The molecule has 0 unspecified atom stereocenters. The summed E-state index contributed by atoms with van der Waals surface area (Å²) in [6, 6.07) is 9.21. The number of anilines is 1. The molecule has 1 aromatic carbocycles. The highest BCUT2D eigenvalue weighted by Crippen LogP contribution is 2.11. The number of likely N-dealkylation sites (N-methyl/N-ethyl adjacent to an activating group) is 1. The fourth-order valence-corrected chi connectivity index (χ4v) is 1.96. The Balaban J connectivity index is 1.89. The van der Waals surface area contributed by atoms with Crippen LogP contribution in [0.25, 0.3) is 0 Å². The Kier molecular flexibility index (Phi) is 4.53. The third-order valence-electron chi connectivity index (χ3n) is 3.31. The maximum absolute atomic E-state index is 12.1. The summed E-state index contributed by atoms with van der Waals surface area (Å²) in [6.07, 6.45) is 0. The summed E-state index contributed by atoms with van der Waals surface area (Å²) >= 11 is 0. The Labute approximate surface area is 118 Å². The Morgan fingerprint density at radius 3 is 2.45 bits per heavy atom. The lowest BCUT2D eigenvalue weighted by molar-refractivity contribution is -0.130. The van der Waals surface area contributed by atoms with Gasteiger partial charge in [-0.2, -0.15) is 0 Å². The van der Waals surface area contributed by atoms with Gasteiger partial charge in [-0.3, -0.25) is 9.59 Å². The fraction of sp³-hybridized carbons (Fsp3) is 0.333. The molecule has 106 valence electrons. The molecule has 1 fully saturated rings. The van der Waals surface area contributed by atoms with Crippen LogP contribution in [0.3, 0.4) is 0 Å². The minimum absolute atomic E-state index is 0.0474. The Hall–Kier alpha value is -2.14. The molecule has 20 heavy (non-hydrogen) atoms. The van der Waals surface area contributed by atoms with Crippen molar-refractivity contribution in [2.24, 2.45) is 0 Å². The van der Waals surface area contributed by atoms with E-state index in [9.17, 15) is 9.59 Å². The van der Waals surface area contributed by atoms with Crippen molar-refractivity contribution in [2.75, 3.05) is 32.0 Å².